The number of nitrogens with one attached hydrogen (secondary N) is 2. The van der Waals surface area contributed by atoms with Gasteiger partial charge in [-0.3, -0.25) is 0 Å². The van der Waals surface area contributed by atoms with Crippen LogP contribution < -0.4 is 32.5 Å². The molecule has 4 aromatic rings. The molecule has 4 aromatic carbocycles. The summed E-state index contributed by atoms with van der Waals surface area (Å²) >= 11 is 0. The number of likely N-dealkylation sites (N-methyl/N-ethyl adjacent to an activating group) is 2. The number of aliphatic hydroxyl groups excluding tert-OH is 1. The Balaban J connectivity index is 1.50. The molecule has 0 aromatic heterocycles. The first-order chi connectivity index (χ1) is 18.7. The Morgan fingerprint density at radius 1 is 0.553 bits per heavy atom. The second-order valence-corrected chi connectivity index (χ2v) is 9.27. The van der Waals surface area contributed by atoms with Crippen LogP contribution in [0.15, 0.2) is 109 Å². The van der Waals surface area contributed by atoms with E-state index in [1.165, 1.54) is 0 Å². The molecule has 0 spiro atoms. The first-order valence-electron chi connectivity index (χ1n) is 13.2. The van der Waals surface area contributed by atoms with Crippen molar-refractivity contribution < 1.29 is 14.4 Å². The van der Waals surface area contributed by atoms with Crippen LogP contribution >= 0.6 is 0 Å². The number of benzene rings is 4. The first kappa shape index (κ1) is 27.8. The summed E-state index contributed by atoms with van der Waals surface area (Å²) in [6.07, 6.45) is -0.723. The molecule has 0 fully saturated rings. The van der Waals surface area contributed by atoms with E-state index in [1.807, 2.05) is 99.0 Å². The molecule has 0 amide bonds. The molecule has 0 saturated heterocycles. The molecule has 0 aliphatic rings. The molecule has 0 heterocycles. The standard InChI is InChI=1S/C31H36B2N2O3/c1-34-21-23-37-32(27-9-5-3-6-10-27)29-17-13-25(14-18-29)31(36)26-15-19-30(20-16-26)33(38-24-22-35-2)28-11-7-4-8-12-28/h3-20,31,34-36H,21-24H2,1-2H3. The third kappa shape index (κ3) is 7.44. The summed E-state index contributed by atoms with van der Waals surface area (Å²) in [4.78, 5) is 0. The lowest BCUT2D eigenvalue weighted by Crippen LogP contribution is -2.46. The maximum absolute atomic E-state index is 11.2. The molecule has 0 bridgehead atoms. The molecule has 4 rings (SSSR count). The third-order valence-electron chi connectivity index (χ3n) is 6.59. The highest BCUT2D eigenvalue weighted by atomic mass is 16.4. The summed E-state index contributed by atoms with van der Waals surface area (Å²) in [7, 11) is 3.84. The lowest BCUT2D eigenvalue weighted by atomic mass is 9.55. The van der Waals surface area contributed by atoms with Crippen molar-refractivity contribution in [2.24, 2.45) is 0 Å². The van der Waals surface area contributed by atoms with Crippen LogP contribution in [0.25, 0.3) is 0 Å². The largest absolute Gasteiger partial charge is 0.426 e. The van der Waals surface area contributed by atoms with Gasteiger partial charge in [0, 0.05) is 26.3 Å². The smallest absolute Gasteiger partial charge is 0.361 e. The Hall–Kier alpha value is -3.19. The minimum atomic E-state index is -0.723. The van der Waals surface area contributed by atoms with Crippen LogP contribution in [0.3, 0.4) is 0 Å². The third-order valence-corrected chi connectivity index (χ3v) is 6.59. The maximum Gasteiger partial charge on any atom is 0.361 e. The molecule has 194 valence electrons. The number of rotatable bonds is 14. The number of hydrogen-bond donors (Lipinski definition) is 3. The van der Waals surface area contributed by atoms with Gasteiger partial charge in [0.25, 0.3) is 0 Å². The van der Waals surface area contributed by atoms with Gasteiger partial charge in [0.1, 0.15) is 6.10 Å². The summed E-state index contributed by atoms with van der Waals surface area (Å²) < 4.78 is 12.4. The van der Waals surface area contributed by atoms with Gasteiger partial charge in [0.05, 0.1) is 0 Å². The van der Waals surface area contributed by atoms with Gasteiger partial charge in [0.2, 0.25) is 0 Å². The summed E-state index contributed by atoms with van der Waals surface area (Å²) in [5.74, 6) is 0. The van der Waals surface area contributed by atoms with E-state index in [2.05, 4.69) is 34.9 Å². The van der Waals surface area contributed by atoms with Crippen molar-refractivity contribution in [3.63, 3.8) is 0 Å². The zero-order valence-corrected chi connectivity index (χ0v) is 22.2. The summed E-state index contributed by atoms with van der Waals surface area (Å²) in [5, 5.41) is 17.4. The van der Waals surface area contributed by atoms with Gasteiger partial charge in [0.15, 0.2) is 0 Å². The number of hydrogen-bond acceptors (Lipinski definition) is 5. The van der Waals surface area contributed by atoms with Crippen LogP contribution in [-0.2, 0) is 9.31 Å². The van der Waals surface area contributed by atoms with E-state index in [1.54, 1.807) is 0 Å². The quantitative estimate of drug-likeness (QED) is 0.179. The van der Waals surface area contributed by atoms with Gasteiger partial charge in [-0.1, -0.05) is 109 Å². The fourth-order valence-corrected chi connectivity index (χ4v) is 4.48. The Morgan fingerprint density at radius 2 is 0.895 bits per heavy atom. The minimum Gasteiger partial charge on any atom is -0.426 e. The van der Waals surface area contributed by atoms with Crippen LogP contribution in [0.2, 0.25) is 0 Å². The molecule has 0 radical (unpaired) electrons. The topological polar surface area (TPSA) is 62.8 Å². The van der Waals surface area contributed by atoms with Crippen LogP contribution in [0, 0.1) is 0 Å². The van der Waals surface area contributed by atoms with Crippen LogP contribution in [0.1, 0.15) is 17.2 Å². The molecule has 0 atom stereocenters. The average molecular weight is 506 g/mol. The zero-order chi connectivity index (χ0) is 26.6. The highest BCUT2D eigenvalue weighted by Crippen LogP contribution is 2.20. The molecular weight excluding hydrogens is 470 g/mol. The second kappa shape index (κ2) is 14.7. The lowest BCUT2D eigenvalue weighted by molar-refractivity contribution is 0.220. The molecule has 7 heteroatoms. The van der Waals surface area contributed by atoms with Crippen molar-refractivity contribution in [2.75, 3.05) is 40.4 Å². The SMILES string of the molecule is CNCCOB(c1ccccc1)c1ccc(C(O)c2ccc(B(OCCNC)c3ccccc3)cc2)cc1. The molecular formula is C31H36B2N2O3. The van der Waals surface area contributed by atoms with E-state index < -0.39 is 6.10 Å². The van der Waals surface area contributed by atoms with Gasteiger partial charge in [-0.05, 0) is 47.1 Å². The van der Waals surface area contributed by atoms with E-state index >= 15 is 0 Å². The van der Waals surface area contributed by atoms with E-state index in [-0.39, 0.29) is 13.8 Å². The highest BCUT2D eigenvalue weighted by Gasteiger charge is 2.23. The average Bonchev–Trinajstić information content (AvgIpc) is 2.98. The van der Waals surface area contributed by atoms with Crippen molar-refractivity contribution in [1.29, 1.82) is 0 Å². The van der Waals surface area contributed by atoms with Crippen LogP contribution in [0.4, 0.5) is 0 Å². The Bertz CT molecular complexity index is 1110. The van der Waals surface area contributed by atoms with Gasteiger partial charge >= 0.3 is 13.8 Å². The van der Waals surface area contributed by atoms with Crippen LogP contribution in [-0.4, -0.2) is 59.3 Å². The van der Waals surface area contributed by atoms with Gasteiger partial charge in [-0.25, -0.2) is 0 Å². The fraction of sp³-hybridized carbons (Fsp3) is 0.226. The predicted octanol–water partition coefficient (Wildman–Crippen LogP) is 1.45. The van der Waals surface area contributed by atoms with Crippen molar-refractivity contribution in [2.45, 2.75) is 6.10 Å². The zero-order valence-electron chi connectivity index (χ0n) is 22.2. The first-order valence-corrected chi connectivity index (χ1v) is 13.2. The molecule has 38 heavy (non-hydrogen) atoms. The summed E-state index contributed by atoms with van der Waals surface area (Å²) in [6.45, 7) is 2.45. The van der Waals surface area contributed by atoms with Gasteiger partial charge in [-0.2, -0.15) is 0 Å². The van der Waals surface area contributed by atoms with E-state index in [9.17, 15) is 5.11 Å². The lowest BCUT2D eigenvalue weighted by Gasteiger charge is -2.18. The normalized spacial score (nSPS) is 11.1. The highest BCUT2D eigenvalue weighted by molar-refractivity contribution is 6.80. The molecule has 0 aliphatic carbocycles. The molecule has 3 N–H and O–H groups in total. The summed E-state index contributed by atoms with van der Waals surface area (Å²) in [6, 6.07) is 36.6. The van der Waals surface area contributed by atoms with Crippen LogP contribution in [0.5, 0.6) is 0 Å². The molecule has 0 aliphatic heterocycles. The van der Waals surface area contributed by atoms with Crippen molar-refractivity contribution >= 4 is 35.7 Å². The Labute approximate surface area is 227 Å². The molecule has 0 saturated carbocycles. The fourth-order valence-electron chi connectivity index (χ4n) is 4.48. The second-order valence-electron chi connectivity index (χ2n) is 9.27. The van der Waals surface area contributed by atoms with Crippen molar-refractivity contribution in [1.82, 2.24) is 10.6 Å². The maximum atomic E-state index is 11.2. The van der Waals surface area contributed by atoms with Crippen molar-refractivity contribution in [3.05, 3.63) is 120 Å². The summed E-state index contributed by atoms with van der Waals surface area (Å²) in [5.41, 5.74) is 6.02. The minimum absolute atomic E-state index is 0.159. The number of aliphatic hydroxyl groups is 1. The predicted molar refractivity (Wildman–Crippen MR) is 160 cm³/mol. The van der Waals surface area contributed by atoms with E-state index in [0.29, 0.717) is 13.2 Å². The Kier molecular flexibility index (Phi) is 10.7. The monoisotopic (exact) mass is 506 g/mol. The van der Waals surface area contributed by atoms with Crippen molar-refractivity contribution in [3.8, 4) is 0 Å². The molecule has 0 unspecified atom stereocenters. The Morgan fingerprint density at radius 3 is 1.24 bits per heavy atom. The molecule has 5 nitrogen and oxygen atoms in total. The van der Waals surface area contributed by atoms with E-state index in [4.69, 9.17) is 9.31 Å². The van der Waals surface area contributed by atoms with Gasteiger partial charge < -0.3 is 25.0 Å². The van der Waals surface area contributed by atoms with Gasteiger partial charge in [-0.15, -0.1) is 0 Å². The van der Waals surface area contributed by atoms with E-state index in [0.717, 1.165) is 46.1 Å².